The molecule has 0 saturated carbocycles. The molecule has 4 rings (SSSR count). The fourth-order valence-electron chi connectivity index (χ4n) is 3.14. The van der Waals surface area contributed by atoms with Gasteiger partial charge in [0, 0.05) is 19.3 Å². The number of nitriles is 1. The van der Waals surface area contributed by atoms with Crippen molar-refractivity contribution in [2.45, 2.75) is 0 Å². The van der Waals surface area contributed by atoms with Crippen LogP contribution in [-0.4, -0.2) is 46.5 Å². The SMILES string of the molecule is N#CC(=Cc1c(Oc2ccccc2Cl)nc2ccccn2c1=O)C(=O)N1CCOCC1. The lowest BCUT2D eigenvalue weighted by atomic mass is 10.1. The first-order chi connectivity index (χ1) is 15.1. The lowest BCUT2D eigenvalue weighted by molar-refractivity contribution is -0.130. The number of ether oxygens (including phenoxy) is 2. The minimum absolute atomic E-state index is 0.0261. The van der Waals surface area contributed by atoms with Crippen molar-refractivity contribution >= 4 is 29.2 Å². The molecular weight excluding hydrogens is 420 g/mol. The topological polar surface area (TPSA) is 96.9 Å². The maximum absolute atomic E-state index is 13.2. The maximum Gasteiger partial charge on any atom is 0.269 e. The van der Waals surface area contributed by atoms with Crippen LogP contribution in [0.5, 0.6) is 11.6 Å². The van der Waals surface area contributed by atoms with E-state index in [4.69, 9.17) is 21.1 Å². The number of carbonyl (C=O) groups excluding carboxylic acids is 1. The number of hydrogen-bond acceptors (Lipinski definition) is 6. The van der Waals surface area contributed by atoms with E-state index in [1.54, 1.807) is 48.7 Å². The molecule has 9 heteroatoms. The van der Waals surface area contributed by atoms with Crippen molar-refractivity contribution in [2.75, 3.05) is 26.3 Å². The molecule has 156 valence electrons. The van der Waals surface area contributed by atoms with E-state index in [9.17, 15) is 14.9 Å². The Morgan fingerprint density at radius 1 is 1.19 bits per heavy atom. The number of nitrogens with zero attached hydrogens (tertiary/aromatic N) is 4. The molecule has 31 heavy (non-hydrogen) atoms. The second-order valence-electron chi connectivity index (χ2n) is 6.67. The lowest BCUT2D eigenvalue weighted by Gasteiger charge is -2.26. The molecule has 3 heterocycles. The van der Waals surface area contributed by atoms with Crippen molar-refractivity contribution in [1.82, 2.24) is 14.3 Å². The Morgan fingerprint density at radius 3 is 2.68 bits per heavy atom. The Labute approximate surface area is 182 Å². The van der Waals surface area contributed by atoms with E-state index in [0.29, 0.717) is 42.7 Å². The molecule has 3 aromatic rings. The Hall–Kier alpha value is -3.67. The number of benzene rings is 1. The van der Waals surface area contributed by atoms with Crippen LogP contribution in [0.4, 0.5) is 0 Å². The molecule has 1 aliphatic rings. The number of morpholine rings is 1. The van der Waals surface area contributed by atoms with E-state index in [1.165, 1.54) is 15.4 Å². The van der Waals surface area contributed by atoms with E-state index >= 15 is 0 Å². The second kappa shape index (κ2) is 9.00. The van der Waals surface area contributed by atoms with E-state index in [2.05, 4.69) is 4.98 Å². The normalized spacial score (nSPS) is 14.3. The molecule has 0 N–H and O–H groups in total. The highest BCUT2D eigenvalue weighted by molar-refractivity contribution is 6.32. The molecule has 0 aliphatic carbocycles. The third kappa shape index (κ3) is 4.28. The summed E-state index contributed by atoms with van der Waals surface area (Å²) in [7, 11) is 0. The minimum Gasteiger partial charge on any atom is -0.437 e. The van der Waals surface area contributed by atoms with Crippen LogP contribution in [0.2, 0.25) is 5.02 Å². The van der Waals surface area contributed by atoms with Crippen molar-refractivity contribution in [1.29, 1.82) is 5.26 Å². The zero-order chi connectivity index (χ0) is 21.8. The maximum atomic E-state index is 13.2. The molecule has 1 saturated heterocycles. The summed E-state index contributed by atoms with van der Waals surface area (Å²) in [6, 6.07) is 13.7. The van der Waals surface area contributed by atoms with Crippen molar-refractivity contribution in [2.24, 2.45) is 0 Å². The van der Waals surface area contributed by atoms with Crippen LogP contribution >= 0.6 is 11.6 Å². The van der Waals surface area contributed by atoms with Gasteiger partial charge in [0.05, 0.1) is 18.2 Å². The minimum atomic E-state index is -0.480. The van der Waals surface area contributed by atoms with E-state index in [-0.39, 0.29) is 17.0 Å². The highest BCUT2D eigenvalue weighted by Gasteiger charge is 2.23. The number of hydrogen-bond donors (Lipinski definition) is 0. The summed E-state index contributed by atoms with van der Waals surface area (Å²) in [6.07, 6.45) is 2.77. The van der Waals surface area contributed by atoms with E-state index in [1.807, 2.05) is 6.07 Å². The summed E-state index contributed by atoms with van der Waals surface area (Å²) in [5.74, 6) is -0.233. The van der Waals surface area contributed by atoms with Crippen LogP contribution in [0.25, 0.3) is 11.7 Å². The average Bonchev–Trinajstić information content (AvgIpc) is 2.81. The summed E-state index contributed by atoms with van der Waals surface area (Å²) in [6.45, 7) is 1.53. The molecule has 1 amide bonds. The molecule has 2 aromatic heterocycles. The van der Waals surface area contributed by atoms with Crippen LogP contribution in [0.15, 0.2) is 59.0 Å². The number of halogens is 1. The predicted octanol–water partition coefficient (Wildman–Crippen LogP) is 2.91. The van der Waals surface area contributed by atoms with E-state index in [0.717, 1.165) is 0 Å². The monoisotopic (exact) mass is 436 g/mol. The van der Waals surface area contributed by atoms with Gasteiger partial charge in [-0.25, -0.2) is 0 Å². The van der Waals surface area contributed by atoms with E-state index < -0.39 is 11.5 Å². The zero-order valence-electron chi connectivity index (χ0n) is 16.3. The third-order valence-electron chi connectivity index (χ3n) is 4.72. The van der Waals surface area contributed by atoms with Gasteiger partial charge in [-0.2, -0.15) is 10.2 Å². The molecule has 1 aromatic carbocycles. The Morgan fingerprint density at radius 2 is 1.94 bits per heavy atom. The van der Waals surface area contributed by atoms with Crippen molar-refractivity contribution in [3.05, 3.63) is 75.2 Å². The Kier molecular flexibility index (Phi) is 5.98. The van der Waals surface area contributed by atoms with Gasteiger partial charge in [-0.05, 0) is 30.3 Å². The summed E-state index contributed by atoms with van der Waals surface area (Å²) < 4.78 is 12.4. The van der Waals surface area contributed by atoms with Gasteiger partial charge in [0.25, 0.3) is 11.5 Å². The number of pyridine rings is 1. The molecule has 0 unspecified atom stereocenters. The molecule has 0 bridgehead atoms. The fourth-order valence-corrected chi connectivity index (χ4v) is 3.31. The largest absolute Gasteiger partial charge is 0.437 e. The van der Waals surface area contributed by atoms with Gasteiger partial charge in [0.2, 0.25) is 5.88 Å². The van der Waals surface area contributed by atoms with Crippen molar-refractivity contribution in [3.63, 3.8) is 0 Å². The van der Waals surface area contributed by atoms with Crippen LogP contribution < -0.4 is 10.3 Å². The number of rotatable bonds is 4. The summed E-state index contributed by atoms with van der Waals surface area (Å²) in [5.41, 5.74) is -0.345. The van der Waals surface area contributed by atoms with Crippen LogP contribution in [0.1, 0.15) is 5.56 Å². The van der Waals surface area contributed by atoms with Gasteiger partial charge in [0.1, 0.15) is 28.6 Å². The first-order valence-electron chi connectivity index (χ1n) is 9.51. The second-order valence-corrected chi connectivity index (χ2v) is 7.08. The molecule has 1 aliphatic heterocycles. The zero-order valence-corrected chi connectivity index (χ0v) is 17.1. The summed E-state index contributed by atoms with van der Waals surface area (Å²) in [4.78, 5) is 31.9. The standard InChI is InChI=1S/C22H17ClN4O4/c23-17-5-1-2-6-18(17)31-20-16(22(29)27-8-4-3-7-19(27)25-20)13-15(14-24)21(28)26-9-11-30-12-10-26/h1-8,13H,9-12H2. The Balaban J connectivity index is 1.84. The number of para-hydroxylation sites is 1. The third-order valence-corrected chi connectivity index (χ3v) is 5.03. The molecular formula is C22H17ClN4O4. The summed E-state index contributed by atoms with van der Waals surface area (Å²) in [5, 5.41) is 9.96. The Bertz CT molecular complexity index is 1270. The lowest BCUT2D eigenvalue weighted by Crippen LogP contribution is -2.41. The van der Waals surface area contributed by atoms with Gasteiger partial charge in [0.15, 0.2) is 0 Å². The molecule has 8 nitrogen and oxygen atoms in total. The van der Waals surface area contributed by atoms with Gasteiger partial charge in [-0.15, -0.1) is 0 Å². The predicted molar refractivity (Wildman–Crippen MR) is 114 cm³/mol. The number of fused-ring (bicyclic) bond motifs is 1. The van der Waals surface area contributed by atoms with Crippen molar-refractivity contribution in [3.8, 4) is 17.7 Å². The van der Waals surface area contributed by atoms with Gasteiger partial charge in [-0.1, -0.05) is 29.8 Å². The van der Waals surface area contributed by atoms with Crippen LogP contribution in [0.3, 0.4) is 0 Å². The van der Waals surface area contributed by atoms with Gasteiger partial charge < -0.3 is 14.4 Å². The van der Waals surface area contributed by atoms with Gasteiger partial charge >= 0.3 is 0 Å². The number of amides is 1. The first-order valence-corrected chi connectivity index (χ1v) is 9.89. The summed E-state index contributed by atoms with van der Waals surface area (Å²) >= 11 is 6.19. The van der Waals surface area contributed by atoms with Crippen LogP contribution in [-0.2, 0) is 9.53 Å². The molecule has 0 atom stereocenters. The highest BCUT2D eigenvalue weighted by Crippen LogP contribution is 2.30. The number of carbonyl (C=O) groups is 1. The smallest absolute Gasteiger partial charge is 0.269 e. The molecule has 0 spiro atoms. The number of aromatic nitrogens is 2. The fraction of sp³-hybridized carbons (Fsp3) is 0.182. The quantitative estimate of drug-likeness (QED) is 0.461. The first kappa shape index (κ1) is 20.6. The highest BCUT2D eigenvalue weighted by atomic mass is 35.5. The van der Waals surface area contributed by atoms with Gasteiger partial charge in [-0.3, -0.25) is 14.0 Å². The average molecular weight is 437 g/mol. The van der Waals surface area contributed by atoms with Crippen LogP contribution in [0, 0.1) is 11.3 Å². The molecule has 0 radical (unpaired) electrons. The van der Waals surface area contributed by atoms with Crippen molar-refractivity contribution < 1.29 is 14.3 Å². The molecule has 1 fully saturated rings.